The van der Waals surface area contributed by atoms with E-state index in [9.17, 15) is 18.0 Å². The Kier molecular flexibility index (Phi) is 4.61. The van der Waals surface area contributed by atoms with Gasteiger partial charge in [0, 0.05) is 19.6 Å². The number of sulfonamides is 1. The fourth-order valence-electron chi connectivity index (χ4n) is 2.96. The maximum Gasteiger partial charge on any atom is 0.371 e. The van der Waals surface area contributed by atoms with Crippen molar-refractivity contribution in [3.8, 4) is 0 Å². The zero-order valence-electron chi connectivity index (χ0n) is 12.9. The van der Waals surface area contributed by atoms with E-state index >= 15 is 0 Å². The van der Waals surface area contributed by atoms with Gasteiger partial charge in [0.1, 0.15) is 6.04 Å². The van der Waals surface area contributed by atoms with Crippen molar-refractivity contribution in [2.75, 3.05) is 32.8 Å². The summed E-state index contributed by atoms with van der Waals surface area (Å²) < 4.78 is 36.7. The number of carboxylic acids is 1. The average molecular weight is 358 g/mol. The highest BCUT2D eigenvalue weighted by atomic mass is 32.2. The van der Waals surface area contributed by atoms with Gasteiger partial charge in [-0.1, -0.05) is 0 Å². The Hall–Kier alpha value is -1.91. The molecule has 3 rings (SSSR count). The minimum absolute atomic E-state index is 0.201. The van der Waals surface area contributed by atoms with Crippen LogP contribution in [0.5, 0.6) is 0 Å². The molecule has 3 heterocycles. The molecule has 0 bridgehead atoms. The standard InChI is InChI=1S/C14H18N2O7S/c17-13(15-6-8-22-9-7-15)10-2-1-5-16(10)24(20,21)12-4-3-11(23-12)14(18)19/h3-4,10H,1-2,5-9H2,(H,18,19). The number of carboxylic acid groups (broad SMARTS) is 1. The van der Waals surface area contributed by atoms with Crippen LogP contribution in [-0.2, 0) is 19.6 Å². The van der Waals surface area contributed by atoms with Crippen LogP contribution in [-0.4, -0.2) is 73.5 Å². The Morgan fingerprint density at radius 1 is 1.17 bits per heavy atom. The SMILES string of the molecule is O=C(O)c1ccc(S(=O)(=O)N2CCCC2C(=O)N2CCOCC2)o1. The molecule has 2 fully saturated rings. The second kappa shape index (κ2) is 6.54. The number of aromatic carboxylic acids is 1. The van der Waals surface area contributed by atoms with Crippen molar-refractivity contribution in [1.82, 2.24) is 9.21 Å². The summed E-state index contributed by atoms with van der Waals surface area (Å²) in [6, 6.07) is 1.41. The molecule has 0 aromatic carbocycles. The molecule has 132 valence electrons. The molecule has 2 saturated heterocycles. The average Bonchev–Trinajstić information content (AvgIpc) is 3.24. The summed E-state index contributed by atoms with van der Waals surface area (Å²) >= 11 is 0. The first kappa shape index (κ1) is 16.9. The van der Waals surface area contributed by atoms with Crippen LogP contribution in [0.3, 0.4) is 0 Å². The van der Waals surface area contributed by atoms with Crippen molar-refractivity contribution in [1.29, 1.82) is 0 Å². The van der Waals surface area contributed by atoms with Gasteiger partial charge in [-0.3, -0.25) is 4.79 Å². The van der Waals surface area contributed by atoms with Crippen LogP contribution in [0.25, 0.3) is 0 Å². The van der Waals surface area contributed by atoms with Crippen molar-refractivity contribution in [2.24, 2.45) is 0 Å². The largest absolute Gasteiger partial charge is 0.475 e. The molecule has 1 atom stereocenters. The lowest BCUT2D eigenvalue weighted by molar-refractivity contribution is -0.138. The minimum Gasteiger partial charge on any atom is -0.475 e. The number of carbonyl (C=O) groups excluding carboxylic acids is 1. The molecule has 2 aliphatic heterocycles. The summed E-state index contributed by atoms with van der Waals surface area (Å²) in [4.78, 5) is 25.1. The normalized spacial score (nSPS) is 22.7. The number of morpholine rings is 1. The van der Waals surface area contributed by atoms with E-state index in [1.54, 1.807) is 4.90 Å². The van der Waals surface area contributed by atoms with Crippen molar-refractivity contribution in [3.63, 3.8) is 0 Å². The van der Waals surface area contributed by atoms with E-state index in [0.29, 0.717) is 39.1 Å². The van der Waals surface area contributed by atoms with E-state index in [1.807, 2.05) is 0 Å². The van der Waals surface area contributed by atoms with Crippen molar-refractivity contribution in [3.05, 3.63) is 17.9 Å². The van der Waals surface area contributed by atoms with E-state index in [0.717, 1.165) is 16.4 Å². The molecule has 1 aromatic rings. The number of hydrogen-bond donors (Lipinski definition) is 1. The number of amides is 1. The number of nitrogens with zero attached hydrogens (tertiary/aromatic N) is 2. The predicted molar refractivity (Wildman–Crippen MR) is 80.0 cm³/mol. The maximum absolute atomic E-state index is 12.7. The first-order valence-electron chi connectivity index (χ1n) is 7.63. The molecule has 2 aliphatic rings. The molecule has 1 aromatic heterocycles. The molecular formula is C14H18N2O7S. The Morgan fingerprint density at radius 3 is 2.50 bits per heavy atom. The van der Waals surface area contributed by atoms with Crippen molar-refractivity contribution in [2.45, 2.75) is 24.0 Å². The van der Waals surface area contributed by atoms with Gasteiger partial charge in [0.2, 0.25) is 16.8 Å². The summed E-state index contributed by atoms with van der Waals surface area (Å²) in [7, 11) is -4.06. The van der Waals surface area contributed by atoms with E-state index in [4.69, 9.17) is 14.3 Å². The third-order valence-electron chi connectivity index (χ3n) is 4.17. The summed E-state index contributed by atoms with van der Waals surface area (Å²) in [6.07, 6.45) is 0.994. The lowest BCUT2D eigenvalue weighted by atomic mass is 10.2. The Labute approximate surface area is 138 Å². The van der Waals surface area contributed by atoms with Gasteiger partial charge in [0.25, 0.3) is 10.0 Å². The number of hydrogen-bond acceptors (Lipinski definition) is 6. The minimum atomic E-state index is -4.06. The highest BCUT2D eigenvalue weighted by Gasteiger charge is 2.42. The van der Waals surface area contributed by atoms with Crippen molar-refractivity contribution >= 4 is 21.9 Å². The second-order valence-electron chi connectivity index (χ2n) is 5.64. The van der Waals surface area contributed by atoms with Crippen LogP contribution < -0.4 is 0 Å². The fourth-order valence-corrected chi connectivity index (χ4v) is 4.52. The highest BCUT2D eigenvalue weighted by Crippen LogP contribution is 2.28. The molecule has 9 nitrogen and oxygen atoms in total. The molecule has 1 unspecified atom stereocenters. The number of rotatable bonds is 4. The van der Waals surface area contributed by atoms with Crippen molar-refractivity contribution < 1.29 is 32.3 Å². The van der Waals surface area contributed by atoms with Crippen LogP contribution in [0.4, 0.5) is 0 Å². The zero-order valence-corrected chi connectivity index (χ0v) is 13.7. The van der Waals surface area contributed by atoms with Crippen LogP contribution >= 0.6 is 0 Å². The molecule has 0 aliphatic carbocycles. The summed E-state index contributed by atoms with van der Waals surface area (Å²) in [5.74, 6) is -2.05. The summed E-state index contributed by atoms with van der Waals surface area (Å²) in [5, 5.41) is 8.41. The van der Waals surface area contributed by atoms with Crippen LogP contribution in [0.1, 0.15) is 23.4 Å². The van der Waals surface area contributed by atoms with E-state index in [-0.39, 0.29) is 12.5 Å². The molecule has 1 amide bonds. The Morgan fingerprint density at radius 2 is 1.88 bits per heavy atom. The van der Waals surface area contributed by atoms with Crippen LogP contribution in [0.2, 0.25) is 0 Å². The molecular weight excluding hydrogens is 340 g/mol. The van der Waals surface area contributed by atoms with E-state index in [2.05, 4.69) is 0 Å². The Balaban J connectivity index is 1.83. The first-order chi connectivity index (χ1) is 11.4. The molecule has 0 spiro atoms. The second-order valence-corrected chi connectivity index (χ2v) is 7.46. The molecule has 10 heteroatoms. The summed E-state index contributed by atoms with van der Waals surface area (Å²) in [5.41, 5.74) is 0. The highest BCUT2D eigenvalue weighted by molar-refractivity contribution is 7.89. The third kappa shape index (κ3) is 3.04. The van der Waals surface area contributed by atoms with Gasteiger partial charge in [-0.15, -0.1) is 0 Å². The fraction of sp³-hybridized carbons (Fsp3) is 0.571. The molecule has 0 saturated carbocycles. The van der Waals surface area contributed by atoms with Gasteiger partial charge in [-0.2, -0.15) is 4.31 Å². The maximum atomic E-state index is 12.7. The molecule has 0 radical (unpaired) electrons. The van der Waals surface area contributed by atoms with Gasteiger partial charge in [-0.05, 0) is 25.0 Å². The topological polar surface area (TPSA) is 117 Å². The number of furan rings is 1. The molecule has 1 N–H and O–H groups in total. The molecule has 24 heavy (non-hydrogen) atoms. The van der Waals surface area contributed by atoms with Crippen LogP contribution in [0.15, 0.2) is 21.6 Å². The van der Waals surface area contributed by atoms with Gasteiger partial charge in [0.05, 0.1) is 13.2 Å². The van der Waals surface area contributed by atoms with Crippen LogP contribution in [0, 0.1) is 0 Å². The van der Waals surface area contributed by atoms with Gasteiger partial charge in [-0.25, -0.2) is 13.2 Å². The van der Waals surface area contributed by atoms with Gasteiger partial charge < -0.3 is 19.2 Å². The van der Waals surface area contributed by atoms with Gasteiger partial charge >= 0.3 is 5.97 Å². The third-order valence-corrected chi connectivity index (χ3v) is 5.95. The first-order valence-corrected chi connectivity index (χ1v) is 9.07. The zero-order chi connectivity index (χ0) is 17.3. The smallest absolute Gasteiger partial charge is 0.371 e. The number of carbonyl (C=O) groups is 2. The lowest BCUT2D eigenvalue weighted by Crippen LogP contribution is -2.50. The van der Waals surface area contributed by atoms with E-state index < -0.39 is 32.9 Å². The predicted octanol–water partition coefficient (Wildman–Crippen LogP) is -0.0103. The monoisotopic (exact) mass is 358 g/mol. The van der Waals surface area contributed by atoms with Gasteiger partial charge in [0.15, 0.2) is 0 Å². The number of ether oxygens (including phenoxy) is 1. The quantitative estimate of drug-likeness (QED) is 0.804. The van der Waals surface area contributed by atoms with E-state index in [1.165, 1.54) is 0 Å². The summed E-state index contributed by atoms with van der Waals surface area (Å²) in [6.45, 7) is 1.95. The lowest BCUT2D eigenvalue weighted by Gasteiger charge is -2.31. The Bertz CT molecular complexity index is 736.